The zero-order chi connectivity index (χ0) is 14.5. The van der Waals surface area contributed by atoms with Crippen molar-refractivity contribution in [2.45, 2.75) is 19.3 Å². The highest BCUT2D eigenvalue weighted by molar-refractivity contribution is 9.10. The van der Waals surface area contributed by atoms with E-state index in [0.717, 1.165) is 10.0 Å². The van der Waals surface area contributed by atoms with Crippen molar-refractivity contribution < 1.29 is 4.79 Å². The Morgan fingerprint density at radius 2 is 1.95 bits per heavy atom. The molecule has 1 aromatic carbocycles. The van der Waals surface area contributed by atoms with Crippen LogP contribution >= 0.6 is 15.9 Å². The van der Waals surface area contributed by atoms with Crippen molar-refractivity contribution in [2.24, 2.45) is 0 Å². The monoisotopic (exact) mass is 332 g/mol. The Morgan fingerprint density at radius 3 is 2.55 bits per heavy atom. The normalized spacial score (nSPS) is 11.9. The molecule has 0 N–H and O–H groups in total. The maximum absolute atomic E-state index is 12.3. The number of anilines is 1. The van der Waals surface area contributed by atoms with E-state index in [1.54, 1.807) is 18.1 Å². The fraction of sp³-hybridized carbons (Fsp3) is 0.250. The number of halogens is 1. The molecule has 3 nitrogen and oxygen atoms in total. The molecule has 0 aliphatic carbocycles. The molecule has 104 valence electrons. The Kier molecular flexibility index (Phi) is 4.90. The molecule has 1 atom stereocenters. The topological polar surface area (TPSA) is 33.2 Å². The summed E-state index contributed by atoms with van der Waals surface area (Å²) in [5.74, 6) is 0.932. The van der Waals surface area contributed by atoms with Crippen LogP contribution in [0.5, 0.6) is 0 Å². The summed E-state index contributed by atoms with van der Waals surface area (Å²) in [6, 6.07) is 13.6. The summed E-state index contributed by atoms with van der Waals surface area (Å²) in [4.78, 5) is 18.1. The van der Waals surface area contributed by atoms with Gasteiger partial charge in [0.15, 0.2) is 0 Å². The molecule has 0 spiro atoms. The van der Waals surface area contributed by atoms with Crippen molar-refractivity contribution in [3.05, 3.63) is 58.7 Å². The van der Waals surface area contributed by atoms with Crippen molar-refractivity contribution in [1.82, 2.24) is 4.98 Å². The number of carbonyl (C=O) groups is 1. The molecule has 2 rings (SSSR count). The maximum atomic E-state index is 12.3. The van der Waals surface area contributed by atoms with Crippen LogP contribution in [0.1, 0.15) is 24.8 Å². The van der Waals surface area contributed by atoms with E-state index in [2.05, 4.69) is 27.8 Å². The third-order valence-corrected chi connectivity index (χ3v) is 3.82. The number of carbonyl (C=O) groups excluding carboxylic acids is 1. The van der Waals surface area contributed by atoms with Crippen LogP contribution in [-0.4, -0.2) is 17.9 Å². The van der Waals surface area contributed by atoms with Gasteiger partial charge in [-0.1, -0.05) is 41.1 Å². The van der Waals surface area contributed by atoms with E-state index in [4.69, 9.17) is 0 Å². The van der Waals surface area contributed by atoms with Gasteiger partial charge in [-0.15, -0.1) is 0 Å². The predicted octanol–water partition coefficient (Wildman–Crippen LogP) is 4.00. The van der Waals surface area contributed by atoms with Crippen LogP contribution in [0.25, 0.3) is 0 Å². The Hall–Kier alpha value is -1.68. The van der Waals surface area contributed by atoms with Crippen LogP contribution < -0.4 is 4.90 Å². The highest BCUT2D eigenvalue weighted by Gasteiger charge is 2.16. The fourth-order valence-corrected chi connectivity index (χ4v) is 2.25. The number of benzene rings is 1. The van der Waals surface area contributed by atoms with Gasteiger partial charge in [0.2, 0.25) is 5.91 Å². The first-order valence-corrected chi connectivity index (χ1v) is 7.30. The summed E-state index contributed by atoms with van der Waals surface area (Å²) in [5.41, 5.74) is 1.16. The number of aromatic nitrogens is 1. The van der Waals surface area contributed by atoms with Crippen LogP contribution in [0.15, 0.2) is 53.1 Å². The molecule has 0 radical (unpaired) electrons. The number of hydrogen-bond donors (Lipinski definition) is 0. The molecule has 0 aliphatic heterocycles. The zero-order valence-electron chi connectivity index (χ0n) is 11.6. The van der Waals surface area contributed by atoms with Crippen molar-refractivity contribution >= 4 is 27.7 Å². The molecule has 1 amide bonds. The average Bonchev–Trinajstić information content (AvgIpc) is 2.48. The molecule has 1 unspecified atom stereocenters. The Balaban J connectivity index is 2.02. The third kappa shape index (κ3) is 3.67. The second-order valence-electron chi connectivity index (χ2n) is 4.80. The Bertz CT molecular complexity index is 569. The zero-order valence-corrected chi connectivity index (χ0v) is 13.2. The van der Waals surface area contributed by atoms with Crippen molar-refractivity contribution in [2.75, 3.05) is 11.9 Å². The standard InChI is InChI=1S/C16H17BrN2O/c1-12(13-6-8-14(17)9-7-13)11-16(20)19(2)15-5-3-4-10-18-15/h3-10,12H,11H2,1-2H3. The largest absolute Gasteiger partial charge is 0.300 e. The summed E-state index contributed by atoms with van der Waals surface area (Å²) in [5, 5.41) is 0. The number of amides is 1. The van der Waals surface area contributed by atoms with Crippen molar-refractivity contribution in [3.8, 4) is 0 Å². The van der Waals surface area contributed by atoms with Gasteiger partial charge in [0.05, 0.1) is 0 Å². The smallest absolute Gasteiger partial charge is 0.228 e. The molecule has 0 aliphatic rings. The maximum Gasteiger partial charge on any atom is 0.228 e. The van der Waals surface area contributed by atoms with E-state index in [1.165, 1.54) is 0 Å². The lowest BCUT2D eigenvalue weighted by Crippen LogP contribution is -2.27. The number of pyridine rings is 1. The van der Waals surface area contributed by atoms with E-state index in [-0.39, 0.29) is 11.8 Å². The van der Waals surface area contributed by atoms with E-state index < -0.39 is 0 Å². The number of hydrogen-bond acceptors (Lipinski definition) is 2. The molecule has 0 bridgehead atoms. The number of nitrogens with zero attached hydrogens (tertiary/aromatic N) is 2. The molecule has 0 saturated carbocycles. The summed E-state index contributed by atoms with van der Waals surface area (Å²) in [6.45, 7) is 2.06. The van der Waals surface area contributed by atoms with Gasteiger partial charge in [-0.2, -0.15) is 0 Å². The quantitative estimate of drug-likeness (QED) is 0.847. The molecular formula is C16H17BrN2O. The van der Waals surface area contributed by atoms with Gasteiger partial charge in [-0.3, -0.25) is 9.69 Å². The third-order valence-electron chi connectivity index (χ3n) is 3.29. The summed E-state index contributed by atoms with van der Waals surface area (Å²) in [7, 11) is 1.76. The molecule has 0 saturated heterocycles. The summed E-state index contributed by atoms with van der Waals surface area (Å²) < 4.78 is 1.05. The van der Waals surface area contributed by atoms with Gasteiger partial charge in [-0.05, 0) is 35.7 Å². The van der Waals surface area contributed by atoms with Crippen LogP contribution in [0.2, 0.25) is 0 Å². The molecule has 2 aromatic rings. The van der Waals surface area contributed by atoms with Gasteiger partial charge in [0.1, 0.15) is 5.82 Å². The lowest BCUT2D eigenvalue weighted by Gasteiger charge is -2.19. The van der Waals surface area contributed by atoms with E-state index in [1.807, 2.05) is 42.5 Å². The van der Waals surface area contributed by atoms with Gasteiger partial charge in [-0.25, -0.2) is 4.98 Å². The summed E-state index contributed by atoms with van der Waals surface area (Å²) >= 11 is 3.42. The Morgan fingerprint density at radius 1 is 1.25 bits per heavy atom. The van der Waals surface area contributed by atoms with Crippen LogP contribution in [-0.2, 0) is 4.79 Å². The van der Waals surface area contributed by atoms with Crippen LogP contribution in [0.3, 0.4) is 0 Å². The SMILES string of the molecule is CC(CC(=O)N(C)c1ccccn1)c1ccc(Br)cc1. The number of rotatable bonds is 4. The minimum absolute atomic E-state index is 0.0686. The van der Waals surface area contributed by atoms with Crippen molar-refractivity contribution in [3.63, 3.8) is 0 Å². The Labute approximate surface area is 127 Å². The first kappa shape index (κ1) is 14.7. The van der Waals surface area contributed by atoms with Gasteiger partial charge in [0, 0.05) is 24.1 Å². The van der Waals surface area contributed by atoms with Crippen LogP contribution in [0.4, 0.5) is 5.82 Å². The fourth-order valence-electron chi connectivity index (χ4n) is 1.99. The first-order chi connectivity index (χ1) is 9.58. The first-order valence-electron chi connectivity index (χ1n) is 6.51. The van der Waals surface area contributed by atoms with E-state index in [9.17, 15) is 4.79 Å². The highest BCUT2D eigenvalue weighted by atomic mass is 79.9. The molecule has 20 heavy (non-hydrogen) atoms. The van der Waals surface area contributed by atoms with E-state index >= 15 is 0 Å². The predicted molar refractivity (Wildman–Crippen MR) is 84.8 cm³/mol. The molecule has 0 fully saturated rings. The van der Waals surface area contributed by atoms with E-state index in [0.29, 0.717) is 12.2 Å². The highest BCUT2D eigenvalue weighted by Crippen LogP contribution is 2.22. The van der Waals surface area contributed by atoms with Crippen molar-refractivity contribution in [1.29, 1.82) is 0 Å². The molecular weight excluding hydrogens is 316 g/mol. The summed E-state index contributed by atoms with van der Waals surface area (Å²) in [6.07, 6.45) is 2.16. The second kappa shape index (κ2) is 6.66. The average molecular weight is 333 g/mol. The second-order valence-corrected chi connectivity index (χ2v) is 5.71. The van der Waals surface area contributed by atoms with Gasteiger partial charge >= 0.3 is 0 Å². The van der Waals surface area contributed by atoms with Gasteiger partial charge < -0.3 is 0 Å². The molecule has 4 heteroatoms. The van der Waals surface area contributed by atoms with Crippen LogP contribution in [0, 0.1) is 0 Å². The minimum Gasteiger partial charge on any atom is -0.300 e. The molecule has 1 aromatic heterocycles. The lowest BCUT2D eigenvalue weighted by molar-refractivity contribution is -0.118. The minimum atomic E-state index is 0.0686. The van der Waals surface area contributed by atoms with Gasteiger partial charge in [0.25, 0.3) is 0 Å². The molecule has 1 heterocycles. The lowest BCUT2D eigenvalue weighted by atomic mass is 9.97.